The zero-order chi connectivity index (χ0) is 10.7. The maximum absolute atomic E-state index is 5.06. The van der Waals surface area contributed by atoms with Gasteiger partial charge in [0, 0.05) is 0 Å². The summed E-state index contributed by atoms with van der Waals surface area (Å²) in [5, 5.41) is 11.6. The molecule has 0 fully saturated rings. The lowest BCUT2D eigenvalue weighted by Crippen LogP contribution is -1.97. The zero-order valence-corrected chi connectivity index (χ0v) is 10.9. The number of hydrogen-bond donors (Lipinski definition) is 1. The van der Waals surface area contributed by atoms with Crippen molar-refractivity contribution in [1.82, 2.24) is 14.6 Å². The molecule has 15 heavy (non-hydrogen) atoms. The smallest absolute Gasteiger partial charge is 0.239 e. The van der Waals surface area contributed by atoms with E-state index in [1.165, 1.54) is 22.9 Å². The van der Waals surface area contributed by atoms with Gasteiger partial charge in [-0.25, -0.2) is 0 Å². The van der Waals surface area contributed by atoms with Crippen molar-refractivity contribution in [2.45, 2.75) is 6.54 Å². The fraction of sp³-hybridized carbons (Fsp3) is 0.286. The predicted octanol–water partition coefficient (Wildman–Crippen LogP) is 2.38. The number of methoxy groups -OCH3 is 1. The molecule has 2 aromatic heterocycles. The number of anilines is 1. The van der Waals surface area contributed by atoms with E-state index in [1.54, 1.807) is 12.6 Å². The van der Waals surface area contributed by atoms with E-state index in [0.29, 0.717) is 12.4 Å². The van der Waals surface area contributed by atoms with E-state index < -0.39 is 0 Å². The van der Waals surface area contributed by atoms with Gasteiger partial charge < -0.3 is 10.1 Å². The second-order valence-corrected chi connectivity index (χ2v) is 5.01. The van der Waals surface area contributed by atoms with Crippen LogP contribution >= 0.6 is 38.8 Å². The Morgan fingerprint density at radius 1 is 1.60 bits per heavy atom. The van der Waals surface area contributed by atoms with Crippen LogP contribution in [0.1, 0.15) is 4.88 Å². The van der Waals surface area contributed by atoms with Gasteiger partial charge in [0.05, 0.1) is 23.0 Å². The van der Waals surface area contributed by atoms with Crippen LogP contribution in [-0.2, 0) is 6.54 Å². The van der Waals surface area contributed by atoms with E-state index in [2.05, 4.69) is 35.8 Å². The number of ether oxygens (including phenoxy) is 1. The number of halogens is 1. The van der Waals surface area contributed by atoms with Gasteiger partial charge in [0.2, 0.25) is 11.0 Å². The number of rotatable bonds is 4. The van der Waals surface area contributed by atoms with Crippen LogP contribution in [0, 0.1) is 0 Å². The van der Waals surface area contributed by atoms with Crippen molar-refractivity contribution in [1.29, 1.82) is 0 Å². The highest BCUT2D eigenvalue weighted by Crippen LogP contribution is 2.31. The van der Waals surface area contributed by atoms with Gasteiger partial charge in [-0.3, -0.25) is 0 Å². The van der Waals surface area contributed by atoms with Gasteiger partial charge in [-0.15, -0.1) is 10.2 Å². The number of aromatic nitrogens is 3. The predicted molar refractivity (Wildman–Crippen MR) is 63.6 cm³/mol. The van der Waals surface area contributed by atoms with Crippen molar-refractivity contribution >= 4 is 43.9 Å². The highest BCUT2D eigenvalue weighted by atomic mass is 79.9. The molecule has 0 saturated carbocycles. The third-order valence-corrected chi connectivity index (χ3v) is 4.18. The van der Waals surface area contributed by atoms with Crippen molar-refractivity contribution < 1.29 is 4.74 Å². The maximum Gasteiger partial charge on any atom is 0.239 e. The fourth-order valence-corrected chi connectivity index (χ4v) is 2.77. The summed E-state index contributed by atoms with van der Waals surface area (Å²) in [5.74, 6) is 0.620. The Kier molecular flexibility index (Phi) is 3.49. The Morgan fingerprint density at radius 3 is 3.07 bits per heavy atom. The zero-order valence-electron chi connectivity index (χ0n) is 7.73. The Morgan fingerprint density at radius 2 is 2.47 bits per heavy atom. The quantitative estimate of drug-likeness (QED) is 0.940. The summed E-state index contributed by atoms with van der Waals surface area (Å²) in [6.45, 7) is 0.663. The summed E-state index contributed by atoms with van der Waals surface area (Å²) in [6.07, 6.45) is 0. The van der Waals surface area contributed by atoms with Crippen molar-refractivity contribution in [3.63, 3.8) is 0 Å². The first-order valence-corrected chi connectivity index (χ1v) is 6.44. The van der Waals surface area contributed by atoms with Crippen LogP contribution in [0.25, 0.3) is 0 Å². The van der Waals surface area contributed by atoms with Gasteiger partial charge >= 0.3 is 0 Å². The summed E-state index contributed by atoms with van der Waals surface area (Å²) in [7, 11) is 1.60. The minimum atomic E-state index is 0.620. The van der Waals surface area contributed by atoms with E-state index >= 15 is 0 Å². The first kappa shape index (κ1) is 10.8. The fourth-order valence-electron chi connectivity index (χ4n) is 0.939. The molecule has 1 N–H and O–H groups in total. The molecule has 0 atom stereocenters. The van der Waals surface area contributed by atoms with Crippen LogP contribution in [-0.4, -0.2) is 21.7 Å². The molecule has 0 unspecified atom stereocenters. The maximum atomic E-state index is 5.06. The third-order valence-electron chi connectivity index (χ3n) is 1.62. The number of hydrogen-bond acceptors (Lipinski definition) is 7. The molecule has 2 aromatic rings. The molecule has 0 saturated heterocycles. The number of nitrogens with one attached hydrogen (secondary N) is 1. The molecular weight excluding hydrogens is 300 g/mol. The monoisotopic (exact) mass is 306 g/mol. The Balaban J connectivity index is 2.02. The van der Waals surface area contributed by atoms with E-state index in [0.717, 1.165) is 14.5 Å². The normalized spacial score (nSPS) is 10.3. The second-order valence-electron chi connectivity index (χ2n) is 2.53. The molecule has 8 heteroatoms. The largest absolute Gasteiger partial charge is 0.480 e. The molecule has 0 aliphatic carbocycles. The minimum absolute atomic E-state index is 0.620. The van der Waals surface area contributed by atoms with Crippen LogP contribution in [0.3, 0.4) is 0 Å². The summed E-state index contributed by atoms with van der Waals surface area (Å²) < 4.78 is 10.1. The average Bonchev–Trinajstić information content (AvgIpc) is 2.85. The molecule has 0 aliphatic heterocycles. The standard InChI is InChI=1S/C7H7BrN4OS2/c1-13-6-5(8)4(15-12-6)2-9-7-11-10-3-14-7/h3H,2H2,1H3,(H,9,11). The van der Waals surface area contributed by atoms with Crippen LogP contribution in [0.2, 0.25) is 0 Å². The van der Waals surface area contributed by atoms with E-state index in [1.807, 2.05) is 0 Å². The van der Waals surface area contributed by atoms with Gasteiger partial charge in [-0.1, -0.05) is 11.3 Å². The van der Waals surface area contributed by atoms with Gasteiger partial charge in [0.15, 0.2) is 0 Å². The molecule has 0 spiro atoms. The lowest BCUT2D eigenvalue weighted by atomic mass is 10.5. The van der Waals surface area contributed by atoms with Gasteiger partial charge in [-0.2, -0.15) is 4.37 Å². The van der Waals surface area contributed by atoms with Gasteiger partial charge in [-0.05, 0) is 27.5 Å². The summed E-state index contributed by atoms with van der Waals surface area (Å²) >= 11 is 6.29. The van der Waals surface area contributed by atoms with Crippen molar-refractivity contribution in [2.75, 3.05) is 12.4 Å². The molecule has 0 radical (unpaired) electrons. The molecule has 2 heterocycles. The second kappa shape index (κ2) is 4.86. The lowest BCUT2D eigenvalue weighted by molar-refractivity contribution is 0.400. The summed E-state index contributed by atoms with van der Waals surface area (Å²) in [5.41, 5.74) is 1.69. The Hall–Kier alpha value is -0.730. The van der Waals surface area contributed by atoms with Crippen molar-refractivity contribution in [2.24, 2.45) is 0 Å². The average molecular weight is 307 g/mol. The highest BCUT2D eigenvalue weighted by Gasteiger charge is 2.11. The summed E-state index contributed by atoms with van der Waals surface area (Å²) in [6, 6.07) is 0. The van der Waals surface area contributed by atoms with E-state index in [4.69, 9.17) is 4.74 Å². The lowest BCUT2D eigenvalue weighted by Gasteiger charge is -1.99. The molecule has 80 valence electrons. The molecule has 5 nitrogen and oxygen atoms in total. The molecule has 0 aliphatic rings. The first-order chi connectivity index (χ1) is 7.31. The van der Waals surface area contributed by atoms with Gasteiger partial charge in [0.25, 0.3) is 0 Å². The van der Waals surface area contributed by atoms with Crippen LogP contribution in [0.4, 0.5) is 5.13 Å². The molecule has 0 bridgehead atoms. The van der Waals surface area contributed by atoms with Crippen LogP contribution < -0.4 is 10.1 Å². The Labute approximate surface area is 103 Å². The third kappa shape index (κ3) is 2.44. The first-order valence-electron chi connectivity index (χ1n) is 3.99. The van der Waals surface area contributed by atoms with E-state index in [-0.39, 0.29) is 0 Å². The van der Waals surface area contributed by atoms with Crippen LogP contribution in [0.15, 0.2) is 9.98 Å². The topological polar surface area (TPSA) is 59.9 Å². The molecule has 2 rings (SSSR count). The Bertz CT molecular complexity index is 430. The minimum Gasteiger partial charge on any atom is -0.480 e. The van der Waals surface area contributed by atoms with Crippen molar-refractivity contribution in [3.8, 4) is 5.88 Å². The molecule has 0 aromatic carbocycles. The highest BCUT2D eigenvalue weighted by molar-refractivity contribution is 9.10. The van der Waals surface area contributed by atoms with E-state index in [9.17, 15) is 0 Å². The molecular formula is C7H7BrN4OS2. The summed E-state index contributed by atoms with van der Waals surface area (Å²) in [4.78, 5) is 1.07. The van der Waals surface area contributed by atoms with Crippen LogP contribution in [0.5, 0.6) is 5.88 Å². The SMILES string of the molecule is COc1nsc(CNc2nncs2)c1Br. The number of nitrogens with zero attached hydrogens (tertiary/aromatic N) is 3. The molecule has 0 amide bonds. The van der Waals surface area contributed by atoms with Crippen molar-refractivity contribution in [3.05, 3.63) is 14.9 Å². The van der Waals surface area contributed by atoms with Gasteiger partial charge in [0.1, 0.15) is 5.51 Å².